The van der Waals surface area contributed by atoms with Gasteiger partial charge in [-0.2, -0.15) is 0 Å². The van der Waals surface area contributed by atoms with E-state index in [2.05, 4.69) is 0 Å². The van der Waals surface area contributed by atoms with Gasteiger partial charge in [-0.1, -0.05) is 6.08 Å². The molecule has 0 saturated heterocycles. The lowest BCUT2D eigenvalue weighted by Gasteiger charge is -2.23. The summed E-state index contributed by atoms with van der Waals surface area (Å²) in [5.41, 5.74) is 1.98. The van der Waals surface area contributed by atoms with Gasteiger partial charge in [0, 0.05) is 31.7 Å². The number of methoxy groups -OCH3 is 2. The number of carbonyl (C=O) groups is 2. The minimum atomic E-state index is -0.622. The first-order valence-electron chi connectivity index (χ1n) is 7.32. The molecule has 0 spiro atoms. The zero-order valence-electron chi connectivity index (χ0n) is 14.1. The number of hydrogen-bond acceptors (Lipinski definition) is 6. The third-order valence-corrected chi connectivity index (χ3v) is 3.53. The van der Waals surface area contributed by atoms with Gasteiger partial charge in [-0.3, -0.25) is 0 Å². The molecule has 0 fully saturated rings. The van der Waals surface area contributed by atoms with Crippen LogP contribution in [0.15, 0.2) is 60.0 Å². The highest BCUT2D eigenvalue weighted by molar-refractivity contribution is 6.05. The molecule has 1 aromatic carbocycles. The number of rotatable bonds is 4. The lowest BCUT2D eigenvalue weighted by molar-refractivity contribution is -0.139. The minimum absolute atomic E-state index is 0.104. The van der Waals surface area contributed by atoms with E-state index in [0.29, 0.717) is 0 Å². The Bertz CT molecular complexity index is 715. The van der Waals surface area contributed by atoms with Crippen LogP contribution in [0.25, 0.3) is 0 Å². The summed E-state index contributed by atoms with van der Waals surface area (Å²) in [6.07, 6.45) is 6.63. The Morgan fingerprint density at radius 1 is 0.958 bits per heavy atom. The van der Waals surface area contributed by atoms with Crippen molar-refractivity contribution in [3.63, 3.8) is 0 Å². The average Bonchev–Trinajstić information content (AvgIpc) is 2.83. The summed E-state index contributed by atoms with van der Waals surface area (Å²) in [6, 6.07) is 7.58. The first kappa shape index (κ1) is 17.3. The summed E-state index contributed by atoms with van der Waals surface area (Å²) in [5, 5.41) is 0. The van der Waals surface area contributed by atoms with Gasteiger partial charge in [0.15, 0.2) is 0 Å². The maximum absolute atomic E-state index is 12.3. The number of anilines is 2. The molecule has 0 radical (unpaired) electrons. The zero-order chi connectivity index (χ0) is 17.7. The predicted molar refractivity (Wildman–Crippen MR) is 92.6 cm³/mol. The molecule has 1 aromatic rings. The molecule has 0 N–H and O–H groups in total. The van der Waals surface area contributed by atoms with Crippen molar-refractivity contribution in [3.05, 3.63) is 60.0 Å². The molecule has 2 rings (SSSR count). The Kier molecular flexibility index (Phi) is 5.42. The molecule has 1 aliphatic rings. The SMILES string of the molecule is COC(=O)C1=C(C(=O)OC)N(c2ccc(N(C)C)cc2)C=CC=C1. The van der Waals surface area contributed by atoms with Crippen LogP contribution < -0.4 is 9.80 Å². The summed E-state index contributed by atoms with van der Waals surface area (Å²) in [7, 11) is 6.43. The van der Waals surface area contributed by atoms with E-state index in [0.717, 1.165) is 11.4 Å². The van der Waals surface area contributed by atoms with E-state index in [1.54, 1.807) is 23.3 Å². The van der Waals surface area contributed by atoms with Gasteiger partial charge in [0.05, 0.1) is 19.8 Å². The van der Waals surface area contributed by atoms with Crippen molar-refractivity contribution < 1.29 is 19.1 Å². The molecule has 0 aliphatic carbocycles. The molecule has 0 atom stereocenters. The second kappa shape index (κ2) is 7.50. The van der Waals surface area contributed by atoms with Crippen LogP contribution in [0.3, 0.4) is 0 Å². The minimum Gasteiger partial charge on any atom is -0.465 e. The topological polar surface area (TPSA) is 59.1 Å². The molecule has 0 bridgehead atoms. The first-order valence-corrected chi connectivity index (χ1v) is 7.32. The van der Waals surface area contributed by atoms with E-state index in [4.69, 9.17) is 9.47 Å². The molecule has 0 unspecified atom stereocenters. The molecular formula is C18H20N2O4. The van der Waals surface area contributed by atoms with E-state index in [-0.39, 0.29) is 11.3 Å². The van der Waals surface area contributed by atoms with Gasteiger partial charge >= 0.3 is 11.9 Å². The quantitative estimate of drug-likeness (QED) is 0.790. The number of nitrogens with zero attached hydrogens (tertiary/aromatic N) is 2. The zero-order valence-corrected chi connectivity index (χ0v) is 14.1. The van der Waals surface area contributed by atoms with E-state index in [1.165, 1.54) is 20.3 Å². The predicted octanol–water partition coefficient (Wildman–Crippen LogP) is 2.24. The fourth-order valence-corrected chi connectivity index (χ4v) is 2.28. The Morgan fingerprint density at radius 3 is 2.12 bits per heavy atom. The van der Waals surface area contributed by atoms with E-state index in [9.17, 15) is 9.59 Å². The van der Waals surface area contributed by atoms with Crippen molar-refractivity contribution in [2.45, 2.75) is 0 Å². The average molecular weight is 328 g/mol. The molecule has 126 valence electrons. The van der Waals surface area contributed by atoms with Crippen molar-refractivity contribution in [3.8, 4) is 0 Å². The van der Waals surface area contributed by atoms with Crippen molar-refractivity contribution in [2.75, 3.05) is 38.1 Å². The fourth-order valence-electron chi connectivity index (χ4n) is 2.28. The summed E-state index contributed by atoms with van der Waals surface area (Å²) in [5.74, 6) is -1.23. The monoisotopic (exact) mass is 328 g/mol. The van der Waals surface area contributed by atoms with Crippen LogP contribution >= 0.6 is 0 Å². The summed E-state index contributed by atoms with van der Waals surface area (Å²) in [4.78, 5) is 28.0. The van der Waals surface area contributed by atoms with Crippen molar-refractivity contribution >= 4 is 23.3 Å². The highest BCUT2D eigenvalue weighted by atomic mass is 16.5. The highest BCUT2D eigenvalue weighted by Gasteiger charge is 2.27. The number of benzene rings is 1. The highest BCUT2D eigenvalue weighted by Crippen LogP contribution is 2.27. The molecule has 0 saturated carbocycles. The molecule has 1 aliphatic heterocycles. The molecule has 6 nitrogen and oxygen atoms in total. The number of esters is 2. The molecule has 24 heavy (non-hydrogen) atoms. The lowest BCUT2D eigenvalue weighted by atomic mass is 10.1. The number of carbonyl (C=O) groups excluding carboxylic acids is 2. The van der Waals surface area contributed by atoms with Gasteiger partial charge in [0.2, 0.25) is 0 Å². The summed E-state index contributed by atoms with van der Waals surface area (Å²) >= 11 is 0. The van der Waals surface area contributed by atoms with Gasteiger partial charge < -0.3 is 19.3 Å². The molecule has 0 amide bonds. The van der Waals surface area contributed by atoms with Crippen LogP contribution in [0.2, 0.25) is 0 Å². The Balaban J connectivity index is 2.56. The van der Waals surface area contributed by atoms with Crippen LogP contribution in [0, 0.1) is 0 Å². The number of hydrogen-bond donors (Lipinski definition) is 0. The third-order valence-electron chi connectivity index (χ3n) is 3.53. The van der Waals surface area contributed by atoms with Crippen LogP contribution in [0.5, 0.6) is 0 Å². The van der Waals surface area contributed by atoms with E-state index >= 15 is 0 Å². The van der Waals surface area contributed by atoms with Crippen molar-refractivity contribution in [2.24, 2.45) is 0 Å². The Morgan fingerprint density at radius 2 is 1.58 bits per heavy atom. The molecule has 0 aromatic heterocycles. The van der Waals surface area contributed by atoms with Crippen molar-refractivity contribution in [1.82, 2.24) is 0 Å². The van der Waals surface area contributed by atoms with E-state index < -0.39 is 11.9 Å². The number of allylic oxidation sites excluding steroid dienone is 2. The van der Waals surface area contributed by atoms with Gasteiger partial charge in [-0.15, -0.1) is 0 Å². The van der Waals surface area contributed by atoms with Crippen LogP contribution in [0.4, 0.5) is 11.4 Å². The van der Waals surface area contributed by atoms with E-state index in [1.807, 2.05) is 43.3 Å². The van der Waals surface area contributed by atoms with Crippen LogP contribution in [-0.2, 0) is 19.1 Å². The number of ether oxygens (including phenoxy) is 2. The largest absolute Gasteiger partial charge is 0.465 e. The van der Waals surface area contributed by atoms with Gasteiger partial charge in [0.25, 0.3) is 0 Å². The second-order valence-corrected chi connectivity index (χ2v) is 5.23. The molecule has 6 heteroatoms. The smallest absolute Gasteiger partial charge is 0.355 e. The van der Waals surface area contributed by atoms with Gasteiger partial charge in [-0.05, 0) is 36.4 Å². The fraction of sp³-hybridized carbons (Fsp3) is 0.222. The van der Waals surface area contributed by atoms with Gasteiger partial charge in [-0.25, -0.2) is 9.59 Å². The maximum atomic E-state index is 12.3. The van der Waals surface area contributed by atoms with Gasteiger partial charge in [0.1, 0.15) is 5.70 Å². The summed E-state index contributed by atoms with van der Waals surface area (Å²) in [6.45, 7) is 0. The maximum Gasteiger partial charge on any atom is 0.355 e. The standard InChI is InChI=1S/C18H20N2O4/c1-19(2)13-8-10-14(11-9-13)20-12-6-5-7-15(17(21)23-3)16(20)18(22)24-4/h5-12H,1-4H3. The third kappa shape index (κ3) is 3.48. The normalized spacial score (nSPS) is 13.6. The lowest BCUT2D eigenvalue weighted by Crippen LogP contribution is -2.27. The second-order valence-electron chi connectivity index (χ2n) is 5.23. The van der Waals surface area contributed by atoms with Crippen LogP contribution in [-0.4, -0.2) is 40.3 Å². The Labute approximate surface area is 141 Å². The van der Waals surface area contributed by atoms with Crippen molar-refractivity contribution in [1.29, 1.82) is 0 Å². The first-order chi connectivity index (χ1) is 11.5. The molecule has 1 heterocycles. The Hall–Kier alpha value is -3.02. The summed E-state index contributed by atoms with van der Waals surface area (Å²) < 4.78 is 9.65. The molecular weight excluding hydrogens is 308 g/mol. The van der Waals surface area contributed by atoms with Crippen LogP contribution in [0.1, 0.15) is 0 Å².